The van der Waals surface area contributed by atoms with Crippen LogP contribution in [0.2, 0.25) is 5.02 Å². The zero-order chi connectivity index (χ0) is 23.1. The van der Waals surface area contributed by atoms with Crippen LogP contribution in [0, 0.1) is 0 Å². The lowest BCUT2D eigenvalue weighted by Crippen LogP contribution is -2.46. The van der Waals surface area contributed by atoms with E-state index >= 15 is 0 Å². The normalized spacial score (nSPS) is 16.5. The van der Waals surface area contributed by atoms with Crippen LogP contribution in [0.4, 0.5) is 0 Å². The van der Waals surface area contributed by atoms with Gasteiger partial charge in [0.15, 0.2) is 9.84 Å². The highest BCUT2D eigenvalue weighted by Crippen LogP contribution is 2.32. The van der Waals surface area contributed by atoms with Gasteiger partial charge in [-0.15, -0.1) is 0 Å². The fourth-order valence-corrected chi connectivity index (χ4v) is 6.45. The zero-order valence-electron chi connectivity index (χ0n) is 18.8. The molecule has 0 aromatic heterocycles. The van der Waals surface area contributed by atoms with Crippen LogP contribution < -0.4 is 0 Å². The molecule has 1 saturated heterocycles. The van der Waals surface area contributed by atoms with Crippen molar-refractivity contribution in [1.29, 1.82) is 0 Å². The van der Waals surface area contributed by atoms with Crippen LogP contribution in [0.25, 0.3) is 0 Å². The van der Waals surface area contributed by atoms with Crippen molar-refractivity contribution in [2.45, 2.75) is 29.5 Å². The molecule has 0 bridgehead atoms. The molecule has 1 aliphatic rings. The van der Waals surface area contributed by atoms with E-state index in [9.17, 15) is 8.42 Å². The van der Waals surface area contributed by atoms with Gasteiger partial charge in [0.25, 0.3) is 0 Å². The summed E-state index contributed by atoms with van der Waals surface area (Å²) >= 11 is 5.99. The van der Waals surface area contributed by atoms with E-state index in [4.69, 9.17) is 11.6 Å². The molecular weight excluding hydrogens is 452 g/mol. The average molecular weight is 483 g/mol. The van der Waals surface area contributed by atoms with Crippen LogP contribution >= 0.6 is 11.6 Å². The number of rotatable bonds is 9. The van der Waals surface area contributed by atoms with Crippen molar-refractivity contribution in [3.8, 4) is 0 Å². The second-order valence-corrected chi connectivity index (χ2v) is 11.2. The lowest BCUT2D eigenvalue weighted by molar-refractivity contribution is 0.125. The Bertz CT molecular complexity index is 1100. The summed E-state index contributed by atoms with van der Waals surface area (Å²) in [7, 11) is -3.44. The van der Waals surface area contributed by atoms with E-state index in [2.05, 4.69) is 21.9 Å². The summed E-state index contributed by atoms with van der Waals surface area (Å²) in [6.07, 6.45) is 1.47. The van der Waals surface area contributed by atoms with E-state index in [-0.39, 0.29) is 0 Å². The first-order chi connectivity index (χ1) is 16.0. The molecule has 3 aromatic carbocycles. The molecule has 0 spiro atoms. The molecule has 0 amide bonds. The maximum atomic E-state index is 13.4. The van der Waals surface area contributed by atoms with Gasteiger partial charge in [-0.25, -0.2) is 8.42 Å². The number of benzene rings is 3. The molecule has 0 aliphatic carbocycles. The van der Waals surface area contributed by atoms with Gasteiger partial charge in [0.1, 0.15) is 0 Å². The first-order valence-corrected chi connectivity index (χ1v) is 13.5. The van der Waals surface area contributed by atoms with E-state index < -0.39 is 15.1 Å². The molecule has 174 valence electrons. The van der Waals surface area contributed by atoms with Gasteiger partial charge in [0.05, 0.1) is 10.1 Å². The third-order valence-corrected chi connectivity index (χ3v) is 8.78. The number of nitrogens with zero attached hydrogens (tertiary/aromatic N) is 2. The monoisotopic (exact) mass is 482 g/mol. The zero-order valence-corrected chi connectivity index (χ0v) is 20.4. The van der Waals surface area contributed by atoms with E-state index in [1.165, 1.54) is 5.56 Å². The first kappa shape index (κ1) is 24.0. The maximum absolute atomic E-state index is 13.4. The number of hydrogen-bond acceptors (Lipinski definition) is 4. The lowest BCUT2D eigenvalue weighted by atomic mass is 10.1. The average Bonchev–Trinajstić information content (AvgIpc) is 2.85. The van der Waals surface area contributed by atoms with Crippen molar-refractivity contribution < 1.29 is 8.42 Å². The second kappa shape index (κ2) is 11.3. The smallest absolute Gasteiger partial charge is 0.185 e. The number of sulfone groups is 1. The highest BCUT2D eigenvalue weighted by Gasteiger charge is 2.29. The van der Waals surface area contributed by atoms with Gasteiger partial charge >= 0.3 is 0 Å². The van der Waals surface area contributed by atoms with E-state index in [0.717, 1.165) is 56.3 Å². The Morgan fingerprint density at radius 3 is 1.97 bits per heavy atom. The minimum Gasteiger partial charge on any atom is -0.301 e. The van der Waals surface area contributed by atoms with Crippen molar-refractivity contribution in [1.82, 2.24) is 9.80 Å². The van der Waals surface area contributed by atoms with Crippen molar-refractivity contribution in [3.05, 3.63) is 101 Å². The second-order valence-electron chi connectivity index (χ2n) is 8.64. The molecule has 0 saturated carbocycles. The highest BCUT2D eigenvalue weighted by atomic mass is 35.5. The summed E-state index contributed by atoms with van der Waals surface area (Å²) in [5.74, 6) is 0. The quantitative estimate of drug-likeness (QED) is 0.406. The van der Waals surface area contributed by atoms with E-state index in [1.807, 2.05) is 48.5 Å². The first-order valence-electron chi connectivity index (χ1n) is 11.6. The number of halogens is 1. The minimum atomic E-state index is -3.44. The molecule has 1 fully saturated rings. The van der Waals surface area contributed by atoms with Crippen LogP contribution in [0.15, 0.2) is 89.8 Å². The summed E-state index contributed by atoms with van der Waals surface area (Å²) in [4.78, 5) is 5.32. The summed E-state index contributed by atoms with van der Waals surface area (Å²) in [5.41, 5.74) is 2.15. The Morgan fingerprint density at radius 1 is 0.758 bits per heavy atom. The molecule has 1 unspecified atom stereocenters. The summed E-state index contributed by atoms with van der Waals surface area (Å²) < 4.78 is 26.8. The van der Waals surface area contributed by atoms with Crippen molar-refractivity contribution in [2.75, 3.05) is 32.7 Å². The molecular formula is C27H31ClN2O2S. The van der Waals surface area contributed by atoms with Crippen molar-refractivity contribution >= 4 is 21.4 Å². The minimum absolute atomic E-state index is 0.398. The fraction of sp³-hybridized carbons (Fsp3) is 0.333. The third-order valence-electron chi connectivity index (χ3n) is 6.34. The van der Waals surface area contributed by atoms with Crippen molar-refractivity contribution in [3.63, 3.8) is 0 Å². The van der Waals surface area contributed by atoms with E-state index in [0.29, 0.717) is 11.3 Å². The Hall–Kier alpha value is -2.18. The molecule has 4 rings (SSSR count). The van der Waals surface area contributed by atoms with Crippen molar-refractivity contribution in [2.24, 2.45) is 0 Å². The standard InChI is InChI=1S/C27H31ClN2O2S/c28-25-15-13-23(14-16-25)22-30-20-18-29(19-21-30)17-7-12-27(24-8-3-1-4-9-24)33(31,32)26-10-5-2-6-11-26/h1-6,8-11,13-16,27H,7,12,17-22H2. The molecule has 1 aliphatic heterocycles. The highest BCUT2D eigenvalue weighted by molar-refractivity contribution is 7.91. The maximum Gasteiger partial charge on any atom is 0.185 e. The fourth-order valence-electron chi connectivity index (χ4n) is 4.46. The molecule has 3 aromatic rings. The van der Waals surface area contributed by atoms with Crippen LogP contribution in [0.5, 0.6) is 0 Å². The van der Waals surface area contributed by atoms with Gasteiger partial charge in [-0.05, 0) is 54.8 Å². The SMILES string of the molecule is O=S(=O)(c1ccccc1)C(CCCN1CCN(Cc2ccc(Cl)cc2)CC1)c1ccccc1. The van der Waals surface area contributed by atoms with Gasteiger partial charge in [0.2, 0.25) is 0 Å². The topological polar surface area (TPSA) is 40.6 Å². The van der Waals surface area contributed by atoms with Crippen LogP contribution in [-0.4, -0.2) is 50.9 Å². The number of piperazine rings is 1. The largest absolute Gasteiger partial charge is 0.301 e. The molecule has 1 heterocycles. The Kier molecular flexibility index (Phi) is 8.20. The third kappa shape index (κ3) is 6.45. The van der Waals surface area contributed by atoms with Crippen LogP contribution in [0.1, 0.15) is 29.2 Å². The van der Waals surface area contributed by atoms with Crippen LogP contribution in [-0.2, 0) is 16.4 Å². The van der Waals surface area contributed by atoms with Gasteiger partial charge < -0.3 is 4.90 Å². The Morgan fingerprint density at radius 2 is 1.33 bits per heavy atom. The lowest BCUT2D eigenvalue weighted by Gasteiger charge is -2.35. The van der Waals surface area contributed by atoms with E-state index in [1.54, 1.807) is 24.3 Å². The van der Waals surface area contributed by atoms with Crippen LogP contribution in [0.3, 0.4) is 0 Å². The molecule has 33 heavy (non-hydrogen) atoms. The summed E-state index contributed by atoms with van der Waals surface area (Å²) in [6, 6.07) is 26.5. The van der Waals surface area contributed by atoms with Gasteiger partial charge in [-0.3, -0.25) is 4.90 Å². The molecule has 4 nitrogen and oxygen atoms in total. The molecule has 6 heteroatoms. The molecule has 0 radical (unpaired) electrons. The Balaban J connectivity index is 1.32. The summed E-state index contributed by atoms with van der Waals surface area (Å²) in [6.45, 7) is 5.92. The van der Waals surface area contributed by atoms with Gasteiger partial charge in [-0.2, -0.15) is 0 Å². The summed E-state index contributed by atoms with van der Waals surface area (Å²) in [5, 5.41) is 0.249. The predicted octanol–water partition coefficient (Wildman–Crippen LogP) is 5.45. The van der Waals surface area contributed by atoms with Gasteiger partial charge in [0, 0.05) is 37.7 Å². The molecule has 0 N–H and O–H groups in total. The molecule has 1 atom stereocenters. The predicted molar refractivity (Wildman–Crippen MR) is 135 cm³/mol. The Labute approximate surface area is 202 Å². The number of hydrogen-bond donors (Lipinski definition) is 0. The van der Waals surface area contributed by atoms with Gasteiger partial charge in [-0.1, -0.05) is 72.3 Å².